The van der Waals surface area contributed by atoms with Gasteiger partial charge in [0, 0.05) is 17.0 Å². The zero-order valence-electron chi connectivity index (χ0n) is 13.3. The van der Waals surface area contributed by atoms with Crippen LogP contribution in [0.2, 0.25) is 0 Å². The van der Waals surface area contributed by atoms with Gasteiger partial charge in [-0.05, 0) is 56.4 Å². The molecule has 0 fully saturated rings. The van der Waals surface area contributed by atoms with Crippen molar-refractivity contribution in [1.82, 2.24) is 4.98 Å². The summed E-state index contributed by atoms with van der Waals surface area (Å²) in [6.07, 6.45) is 8.94. The van der Waals surface area contributed by atoms with E-state index in [1.54, 1.807) is 0 Å². The van der Waals surface area contributed by atoms with Gasteiger partial charge >= 0.3 is 0 Å². The third-order valence-corrected chi connectivity index (χ3v) is 6.31. The van der Waals surface area contributed by atoms with Crippen molar-refractivity contribution in [2.45, 2.75) is 57.1 Å². The van der Waals surface area contributed by atoms with Crippen LogP contribution in [-0.4, -0.2) is 22.5 Å². The van der Waals surface area contributed by atoms with E-state index in [4.69, 9.17) is 4.98 Å². The van der Waals surface area contributed by atoms with Crippen LogP contribution in [0.1, 0.15) is 56.4 Å². The lowest BCUT2D eigenvalue weighted by Crippen LogP contribution is -2.32. The summed E-state index contributed by atoms with van der Waals surface area (Å²) in [7, 11) is 0. The Balaban J connectivity index is 2.21. The van der Waals surface area contributed by atoms with E-state index >= 15 is 0 Å². The van der Waals surface area contributed by atoms with Crippen molar-refractivity contribution >= 4 is 17.6 Å². The number of aryl methyl sites for hydroxylation is 2. The van der Waals surface area contributed by atoms with Crippen molar-refractivity contribution in [2.24, 2.45) is 0 Å². The number of thioether (sulfide) groups is 1. The molecule has 1 heterocycles. The average Bonchev–Trinajstić information content (AvgIpc) is 2.55. The van der Waals surface area contributed by atoms with Gasteiger partial charge in [-0.1, -0.05) is 13.8 Å². The molecule has 1 aliphatic carbocycles. The molecule has 1 aromatic heterocycles. The maximum atomic E-state index is 9.39. The predicted octanol–water partition coefficient (Wildman–Crippen LogP) is 4.17. The molecular weight excluding hydrogens is 278 g/mol. The molecule has 0 aliphatic heterocycles. The number of anilines is 1. The molecule has 0 saturated heterocycles. The maximum Gasteiger partial charge on any atom is 0.144 e. The summed E-state index contributed by atoms with van der Waals surface area (Å²) < 4.78 is 0.226. The molecule has 2 rings (SSSR count). The first-order chi connectivity index (χ1) is 10.2. The fraction of sp³-hybridized carbons (Fsp3) is 0.647. The van der Waals surface area contributed by atoms with Gasteiger partial charge in [0.05, 0.1) is 5.56 Å². The third-order valence-electron chi connectivity index (χ3n) is 4.72. The first-order valence-electron chi connectivity index (χ1n) is 7.90. The van der Waals surface area contributed by atoms with Crippen molar-refractivity contribution in [3.8, 4) is 6.07 Å². The maximum absolute atomic E-state index is 9.39. The molecule has 0 aromatic carbocycles. The number of nitriles is 1. The van der Waals surface area contributed by atoms with Crippen molar-refractivity contribution < 1.29 is 0 Å². The minimum Gasteiger partial charge on any atom is -0.368 e. The second kappa shape index (κ2) is 7.17. The Bertz CT molecular complexity index is 521. The number of nitrogens with one attached hydrogen (secondary N) is 1. The second-order valence-corrected chi connectivity index (χ2v) is 7.03. The van der Waals surface area contributed by atoms with Gasteiger partial charge in [-0.25, -0.2) is 4.98 Å². The fourth-order valence-electron chi connectivity index (χ4n) is 2.96. The minimum absolute atomic E-state index is 0.226. The first kappa shape index (κ1) is 16.2. The highest BCUT2D eigenvalue weighted by atomic mass is 32.2. The van der Waals surface area contributed by atoms with Gasteiger partial charge in [0.2, 0.25) is 0 Å². The second-order valence-electron chi connectivity index (χ2n) is 5.76. The Morgan fingerprint density at radius 3 is 2.67 bits per heavy atom. The Morgan fingerprint density at radius 2 is 2.05 bits per heavy atom. The van der Waals surface area contributed by atoms with Crippen molar-refractivity contribution in [1.29, 1.82) is 5.26 Å². The van der Waals surface area contributed by atoms with E-state index < -0.39 is 0 Å². The minimum atomic E-state index is 0.226. The third kappa shape index (κ3) is 3.52. The molecule has 1 aromatic rings. The number of rotatable bonds is 6. The SMILES string of the molecule is CCC(CC)(CNc1nc2c(cc1C#N)CCCC2)SC. The normalized spacial score (nSPS) is 14.4. The van der Waals surface area contributed by atoms with E-state index in [1.807, 2.05) is 17.8 Å². The van der Waals surface area contributed by atoms with Crippen molar-refractivity contribution in [3.05, 3.63) is 22.9 Å². The summed E-state index contributed by atoms with van der Waals surface area (Å²) in [6, 6.07) is 4.35. The molecule has 114 valence electrons. The molecule has 0 saturated carbocycles. The standard InChI is InChI=1S/C17H25N3S/c1-4-17(5-2,21-3)12-19-16-14(11-18)10-13-8-6-7-9-15(13)20-16/h10H,4-9,12H2,1-3H3,(H,19,20). The van der Waals surface area contributed by atoms with Crippen LogP contribution in [0.25, 0.3) is 0 Å². The van der Waals surface area contributed by atoms with Gasteiger partial charge in [0.25, 0.3) is 0 Å². The van der Waals surface area contributed by atoms with Crippen LogP contribution in [0.4, 0.5) is 5.82 Å². The monoisotopic (exact) mass is 303 g/mol. The molecule has 4 heteroatoms. The molecule has 3 nitrogen and oxygen atoms in total. The predicted molar refractivity (Wildman–Crippen MR) is 90.9 cm³/mol. The van der Waals surface area contributed by atoms with Crippen LogP contribution >= 0.6 is 11.8 Å². The molecule has 0 atom stereocenters. The number of hydrogen-bond acceptors (Lipinski definition) is 4. The van der Waals surface area contributed by atoms with E-state index in [0.717, 1.165) is 38.0 Å². The van der Waals surface area contributed by atoms with Crippen LogP contribution in [0.3, 0.4) is 0 Å². The van der Waals surface area contributed by atoms with Gasteiger partial charge in [-0.2, -0.15) is 17.0 Å². The number of aromatic nitrogens is 1. The molecule has 1 aliphatic rings. The summed E-state index contributed by atoms with van der Waals surface area (Å²) in [6.45, 7) is 5.32. The highest BCUT2D eigenvalue weighted by molar-refractivity contribution is 8.00. The Kier molecular flexibility index (Phi) is 5.52. The largest absolute Gasteiger partial charge is 0.368 e. The smallest absolute Gasteiger partial charge is 0.144 e. The van der Waals surface area contributed by atoms with Crippen LogP contribution < -0.4 is 5.32 Å². The summed E-state index contributed by atoms with van der Waals surface area (Å²) in [5.41, 5.74) is 3.15. The fourth-order valence-corrected chi connectivity index (χ4v) is 3.75. The van der Waals surface area contributed by atoms with Gasteiger partial charge in [0.15, 0.2) is 0 Å². The molecule has 0 bridgehead atoms. The van der Waals surface area contributed by atoms with E-state index in [9.17, 15) is 5.26 Å². The first-order valence-corrected chi connectivity index (χ1v) is 9.12. The lowest BCUT2D eigenvalue weighted by molar-refractivity contribution is 0.573. The summed E-state index contributed by atoms with van der Waals surface area (Å²) >= 11 is 1.91. The summed E-state index contributed by atoms with van der Waals surface area (Å²) in [5, 5.41) is 12.8. The van der Waals surface area contributed by atoms with Crippen LogP contribution in [0.5, 0.6) is 0 Å². The topological polar surface area (TPSA) is 48.7 Å². The van der Waals surface area contributed by atoms with Gasteiger partial charge in [-0.15, -0.1) is 0 Å². The van der Waals surface area contributed by atoms with Crippen molar-refractivity contribution in [3.63, 3.8) is 0 Å². The van der Waals surface area contributed by atoms with Crippen LogP contribution in [0, 0.1) is 11.3 Å². The number of pyridine rings is 1. The lowest BCUT2D eigenvalue weighted by Gasteiger charge is -2.30. The Labute approximate surface area is 132 Å². The highest BCUT2D eigenvalue weighted by Crippen LogP contribution is 2.31. The van der Waals surface area contributed by atoms with E-state index in [1.165, 1.54) is 24.1 Å². The zero-order chi connectivity index (χ0) is 15.3. The number of nitrogens with zero attached hydrogens (tertiary/aromatic N) is 2. The number of fused-ring (bicyclic) bond motifs is 1. The molecule has 21 heavy (non-hydrogen) atoms. The Morgan fingerprint density at radius 1 is 1.33 bits per heavy atom. The summed E-state index contributed by atoms with van der Waals surface area (Å²) in [5.74, 6) is 0.776. The zero-order valence-corrected chi connectivity index (χ0v) is 14.1. The van der Waals surface area contributed by atoms with Crippen LogP contribution in [-0.2, 0) is 12.8 Å². The van der Waals surface area contributed by atoms with Crippen molar-refractivity contribution in [2.75, 3.05) is 18.1 Å². The molecular formula is C17H25N3S. The molecule has 0 amide bonds. The quantitative estimate of drug-likeness (QED) is 0.857. The van der Waals surface area contributed by atoms with E-state index in [-0.39, 0.29) is 4.75 Å². The van der Waals surface area contributed by atoms with Crippen LogP contribution in [0.15, 0.2) is 6.07 Å². The van der Waals surface area contributed by atoms with Gasteiger partial charge in [0.1, 0.15) is 11.9 Å². The van der Waals surface area contributed by atoms with E-state index in [2.05, 4.69) is 31.5 Å². The molecule has 1 N–H and O–H groups in total. The molecule has 0 radical (unpaired) electrons. The average molecular weight is 303 g/mol. The molecule has 0 unspecified atom stereocenters. The van der Waals surface area contributed by atoms with E-state index in [0.29, 0.717) is 5.56 Å². The lowest BCUT2D eigenvalue weighted by atomic mass is 9.95. The molecule has 0 spiro atoms. The van der Waals surface area contributed by atoms with Gasteiger partial charge < -0.3 is 5.32 Å². The summed E-state index contributed by atoms with van der Waals surface area (Å²) in [4.78, 5) is 4.75. The Hall–Kier alpha value is -1.21. The van der Waals surface area contributed by atoms with Gasteiger partial charge in [-0.3, -0.25) is 0 Å². The highest BCUT2D eigenvalue weighted by Gasteiger charge is 2.25. The number of hydrogen-bond donors (Lipinski definition) is 1.